The summed E-state index contributed by atoms with van der Waals surface area (Å²) in [5, 5.41) is 16.2. The summed E-state index contributed by atoms with van der Waals surface area (Å²) in [4.78, 5) is 49.1. The lowest BCUT2D eigenvalue weighted by Gasteiger charge is -2.11. The number of aromatic amines is 1. The normalized spacial score (nSPS) is 14.9. The first kappa shape index (κ1) is 19.8. The average molecular weight is 419 g/mol. The van der Waals surface area contributed by atoms with Gasteiger partial charge in [0.25, 0.3) is 17.2 Å². The zero-order chi connectivity index (χ0) is 22.1. The minimum atomic E-state index is -0.633. The van der Waals surface area contributed by atoms with Gasteiger partial charge in [-0.15, -0.1) is 0 Å². The molecule has 0 aliphatic carbocycles. The van der Waals surface area contributed by atoms with Crippen molar-refractivity contribution in [3.63, 3.8) is 0 Å². The maximum Gasteiger partial charge on any atom is 0.329 e. The van der Waals surface area contributed by atoms with Crippen LogP contribution in [0.2, 0.25) is 0 Å². The van der Waals surface area contributed by atoms with Crippen molar-refractivity contribution in [1.82, 2.24) is 20.0 Å². The summed E-state index contributed by atoms with van der Waals surface area (Å²) in [6.07, 6.45) is 1.35. The van der Waals surface area contributed by atoms with Gasteiger partial charge < -0.3 is 5.32 Å². The second-order valence-corrected chi connectivity index (χ2v) is 6.93. The highest BCUT2D eigenvalue weighted by atomic mass is 16.6. The van der Waals surface area contributed by atoms with Crippen LogP contribution in [0.25, 0.3) is 11.8 Å². The van der Waals surface area contributed by atoms with Gasteiger partial charge >= 0.3 is 6.03 Å². The zero-order valence-corrected chi connectivity index (χ0v) is 16.4. The van der Waals surface area contributed by atoms with E-state index < -0.39 is 16.9 Å². The number of hydrogen-bond donors (Lipinski definition) is 2. The lowest BCUT2D eigenvalue weighted by atomic mass is 10.2. The van der Waals surface area contributed by atoms with Crippen LogP contribution in [0.3, 0.4) is 0 Å². The number of imide groups is 1. The number of nitrogens with one attached hydrogen (secondary N) is 2. The van der Waals surface area contributed by atoms with Gasteiger partial charge in [-0.05, 0) is 30.7 Å². The van der Waals surface area contributed by atoms with Crippen molar-refractivity contribution < 1.29 is 14.5 Å². The third-order valence-electron chi connectivity index (χ3n) is 4.87. The summed E-state index contributed by atoms with van der Waals surface area (Å²) in [6.45, 7) is 1.64. The van der Waals surface area contributed by atoms with Gasteiger partial charge in [0.05, 0.1) is 22.7 Å². The van der Waals surface area contributed by atoms with Crippen molar-refractivity contribution in [3.8, 4) is 5.69 Å². The zero-order valence-electron chi connectivity index (χ0n) is 16.4. The van der Waals surface area contributed by atoms with Gasteiger partial charge in [0.15, 0.2) is 0 Å². The maximum atomic E-state index is 12.8. The van der Waals surface area contributed by atoms with Crippen molar-refractivity contribution in [2.75, 3.05) is 0 Å². The molecule has 3 aromatic rings. The molecule has 2 N–H and O–H groups in total. The molecule has 1 aliphatic rings. The summed E-state index contributed by atoms with van der Waals surface area (Å²) in [5.74, 6) is -0.588. The summed E-state index contributed by atoms with van der Waals surface area (Å²) < 4.78 is 1.36. The molecular formula is C21H17N5O5. The Morgan fingerprint density at radius 1 is 1.03 bits per heavy atom. The summed E-state index contributed by atoms with van der Waals surface area (Å²) in [6, 6.07) is 13.9. The first-order valence-corrected chi connectivity index (χ1v) is 9.30. The Hall–Kier alpha value is -4.47. The molecule has 2 heterocycles. The van der Waals surface area contributed by atoms with Crippen LogP contribution < -0.4 is 10.9 Å². The molecule has 10 heteroatoms. The fraction of sp³-hybridized carbons (Fsp3) is 0.0952. The van der Waals surface area contributed by atoms with E-state index in [1.165, 1.54) is 35.0 Å². The highest BCUT2D eigenvalue weighted by Crippen LogP contribution is 2.19. The van der Waals surface area contributed by atoms with Gasteiger partial charge in [-0.2, -0.15) is 0 Å². The molecule has 0 radical (unpaired) electrons. The van der Waals surface area contributed by atoms with Crippen molar-refractivity contribution in [2.45, 2.75) is 13.5 Å². The number of nitrogens with zero attached hydrogens (tertiary/aromatic N) is 3. The molecule has 0 atom stereocenters. The van der Waals surface area contributed by atoms with Gasteiger partial charge in [-0.25, -0.2) is 9.48 Å². The molecule has 1 fully saturated rings. The molecular weight excluding hydrogens is 402 g/mol. The molecule has 3 amide bonds. The molecule has 0 bridgehead atoms. The van der Waals surface area contributed by atoms with Gasteiger partial charge in [0, 0.05) is 17.8 Å². The number of benzene rings is 2. The van der Waals surface area contributed by atoms with E-state index in [1.54, 1.807) is 31.2 Å². The number of amides is 3. The summed E-state index contributed by atoms with van der Waals surface area (Å²) >= 11 is 0. The molecule has 4 rings (SSSR count). The fourth-order valence-corrected chi connectivity index (χ4v) is 3.25. The Morgan fingerprint density at radius 3 is 2.35 bits per heavy atom. The van der Waals surface area contributed by atoms with E-state index in [0.717, 1.165) is 4.90 Å². The first-order chi connectivity index (χ1) is 14.8. The number of H-pyrrole nitrogens is 1. The second-order valence-electron chi connectivity index (χ2n) is 6.93. The van der Waals surface area contributed by atoms with Crippen LogP contribution >= 0.6 is 0 Å². The van der Waals surface area contributed by atoms with E-state index in [9.17, 15) is 24.5 Å². The molecule has 0 unspecified atom stereocenters. The van der Waals surface area contributed by atoms with E-state index in [0.29, 0.717) is 16.9 Å². The standard InChI is InChI=1S/C21H17N5O5/c1-13-17(19(27)25(23-13)15-5-3-2-4-6-15)11-18-20(28)24(21(29)22-18)12-14-7-9-16(10-8-14)26(30)31/h2-11,23H,12H2,1H3,(H,22,29)/b18-11-. The largest absolute Gasteiger partial charge is 0.329 e. The minimum absolute atomic E-state index is 0.0219. The first-order valence-electron chi connectivity index (χ1n) is 9.30. The Bertz CT molecular complexity index is 1270. The van der Waals surface area contributed by atoms with Gasteiger partial charge in [0.2, 0.25) is 0 Å². The molecule has 0 spiro atoms. The summed E-state index contributed by atoms with van der Waals surface area (Å²) in [5.41, 5.74) is 1.53. The van der Waals surface area contributed by atoms with Gasteiger partial charge in [-0.3, -0.25) is 29.7 Å². The molecule has 2 aromatic carbocycles. The Kier molecular flexibility index (Phi) is 4.96. The topological polar surface area (TPSA) is 130 Å². The molecule has 1 saturated heterocycles. The highest BCUT2D eigenvalue weighted by molar-refractivity contribution is 6.13. The summed E-state index contributed by atoms with van der Waals surface area (Å²) in [7, 11) is 0. The van der Waals surface area contributed by atoms with E-state index in [1.807, 2.05) is 6.07 Å². The number of hydrogen-bond acceptors (Lipinski definition) is 5. The number of carbonyl (C=O) groups is 2. The van der Waals surface area contributed by atoms with Gasteiger partial charge in [0.1, 0.15) is 5.70 Å². The predicted octanol–water partition coefficient (Wildman–Crippen LogP) is 2.48. The van der Waals surface area contributed by atoms with E-state index >= 15 is 0 Å². The molecule has 1 aliphatic heterocycles. The predicted molar refractivity (Wildman–Crippen MR) is 111 cm³/mol. The number of carbonyl (C=O) groups excluding carboxylic acids is 2. The monoisotopic (exact) mass is 419 g/mol. The Labute approximate surface area is 175 Å². The molecule has 10 nitrogen and oxygen atoms in total. The van der Waals surface area contributed by atoms with E-state index in [2.05, 4.69) is 10.4 Å². The average Bonchev–Trinajstić information content (AvgIpc) is 3.19. The number of urea groups is 1. The number of nitro benzene ring substituents is 1. The number of rotatable bonds is 5. The molecule has 1 aromatic heterocycles. The van der Waals surface area contributed by atoms with Gasteiger partial charge in [-0.1, -0.05) is 30.3 Å². The highest BCUT2D eigenvalue weighted by Gasteiger charge is 2.34. The maximum absolute atomic E-state index is 12.8. The van der Waals surface area contributed by atoms with E-state index in [-0.39, 0.29) is 29.1 Å². The van der Waals surface area contributed by atoms with Crippen molar-refractivity contribution in [2.24, 2.45) is 0 Å². The third kappa shape index (κ3) is 3.73. The quantitative estimate of drug-likeness (QED) is 0.284. The van der Waals surface area contributed by atoms with Crippen molar-refractivity contribution in [3.05, 3.63) is 97.6 Å². The van der Waals surface area contributed by atoms with Crippen LogP contribution in [0, 0.1) is 17.0 Å². The molecule has 31 heavy (non-hydrogen) atoms. The van der Waals surface area contributed by atoms with Crippen LogP contribution in [-0.4, -0.2) is 31.5 Å². The second kappa shape index (κ2) is 7.75. The molecule has 0 saturated carbocycles. The number of non-ortho nitro benzene ring substituents is 1. The SMILES string of the molecule is Cc1[nH]n(-c2ccccc2)c(=O)c1/C=C1\NC(=O)N(Cc2ccc([N+](=O)[O-])cc2)C1=O. The molecule has 156 valence electrons. The number of nitro groups is 1. The van der Waals surface area contributed by atoms with Crippen LogP contribution in [0.1, 0.15) is 16.8 Å². The van der Waals surface area contributed by atoms with Crippen LogP contribution in [-0.2, 0) is 11.3 Å². The third-order valence-corrected chi connectivity index (χ3v) is 4.87. The van der Waals surface area contributed by atoms with Crippen LogP contribution in [0.15, 0.2) is 65.1 Å². The Balaban J connectivity index is 1.60. The van der Waals surface area contributed by atoms with E-state index in [4.69, 9.17) is 0 Å². The Morgan fingerprint density at radius 2 is 1.71 bits per heavy atom. The number of aromatic nitrogens is 2. The fourth-order valence-electron chi connectivity index (χ4n) is 3.25. The van der Waals surface area contributed by atoms with Crippen molar-refractivity contribution >= 4 is 23.7 Å². The number of aryl methyl sites for hydroxylation is 1. The van der Waals surface area contributed by atoms with Crippen LogP contribution in [0.5, 0.6) is 0 Å². The van der Waals surface area contributed by atoms with Crippen molar-refractivity contribution in [1.29, 1.82) is 0 Å². The number of para-hydroxylation sites is 1. The van der Waals surface area contributed by atoms with Crippen LogP contribution in [0.4, 0.5) is 10.5 Å². The lowest BCUT2D eigenvalue weighted by Crippen LogP contribution is -2.30. The lowest BCUT2D eigenvalue weighted by molar-refractivity contribution is -0.384. The smallest absolute Gasteiger partial charge is 0.303 e. The minimum Gasteiger partial charge on any atom is -0.303 e.